The molecule has 0 bridgehead atoms. The van der Waals surface area contributed by atoms with E-state index in [1.54, 1.807) is 6.92 Å². The van der Waals surface area contributed by atoms with Crippen LogP contribution in [0.4, 0.5) is 13.2 Å². The molecule has 1 atom stereocenters. The minimum Gasteiger partial charge on any atom is -0.328 e. The van der Waals surface area contributed by atoms with Gasteiger partial charge in [-0.05, 0) is 37.5 Å². The maximum atomic E-state index is 12.7. The van der Waals surface area contributed by atoms with Gasteiger partial charge in [0, 0.05) is 11.1 Å². The molecule has 2 N–H and O–H groups in total. The van der Waals surface area contributed by atoms with Crippen molar-refractivity contribution in [2.24, 2.45) is 5.73 Å². The summed E-state index contributed by atoms with van der Waals surface area (Å²) in [6.07, 6.45) is -3.54. The van der Waals surface area contributed by atoms with E-state index in [1.165, 1.54) is 12.1 Å². The molecule has 0 aliphatic heterocycles. The van der Waals surface area contributed by atoms with Crippen LogP contribution in [0.2, 0.25) is 5.02 Å². The molecule has 16 heavy (non-hydrogen) atoms. The van der Waals surface area contributed by atoms with E-state index in [9.17, 15) is 13.2 Å². The molecule has 1 unspecified atom stereocenters. The van der Waals surface area contributed by atoms with Crippen molar-refractivity contribution in [1.82, 2.24) is 0 Å². The van der Waals surface area contributed by atoms with Gasteiger partial charge in [0.25, 0.3) is 0 Å². The van der Waals surface area contributed by atoms with Crippen molar-refractivity contribution in [3.8, 4) is 0 Å². The highest BCUT2D eigenvalue weighted by Gasteiger charge is 2.33. The van der Waals surface area contributed by atoms with Crippen molar-refractivity contribution in [1.29, 1.82) is 0 Å². The molecule has 0 aromatic heterocycles. The van der Waals surface area contributed by atoms with Gasteiger partial charge in [-0.3, -0.25) is 0 Å². The van der Waals surface area contributed by atoms with E-state index in [2.05, 4.69) is 0 Å². The SMILES string of the molecule is CC(N)CCc1ccc(Cl)cc1C(F)(F)F. The fourth-order valence-electron chi connectivity index (χ4n) is 1.41. The second-order valence-corrected chi connectivity index (χ2v) is 4.25. The van der Waals surface area contributed by atoms with Crippen molar-refractivity contribution in [3.05, 3.63) is 34.3 Å². The van der Waals surface area contributed by atoms with Gasteiger partial charge in [-0.25, -0.2) is 0 Å². The van der Waals surface area contributed by atoms with Gasteiger partial charge in [0.05, 0.1) is 5.56 Å². The smallest absolute Gasteiger partial charge is 0.328 e. The number of rotatable bonds is 3. The van der Waals surface area contributed by atoms with Crippen molar-refractivity contribution < 1.29 is 13.2 Å². The molecule has 1 aromatic rings. The zero-order chi connectivity index (χ0) is 12.3. The standard InChI is InChI=1S/C11H13ClF3N/c1-7(16)2-3-8-4-5-9(12)6-10(8)11(13,14)15/h4-7H,2-3,16H2,1H3. The molecule has 0 spiro atoms. The zero-order valence-corrected chi connectivity index (χ0v) is 9.57. The van der Waals surface area contributed by atoms with Gasteiger partial charge in [0.2, 0.25) is 0 Å². The number of halogens is 4. The third kappa shape index (κ3) is 3.68. The number of alkyl halides is 3. The summed E-state index contributed by atoms with van der Waals surface area (Å²) >= 11 is 5.56. The number of aryl methyl sites for hydroxylation is 1. The summed E-state index contributed by atoms with van der Waals surface area (Å²) in [5.41, 5.74) is 5.10. The molecular formula is C11H13ClF3N. The minimum absolute atomic E-state index is 0.0943. The zero-order valence-electron chi connectivity index (χ0n) is 8.81. The van der Waals surface area contributed by atoms with E-state index in [0.717, 1.165) is 6.07 Å². The van der Waals surface area contributed by atoms with Crippen molar-refractivity contribution in [2.75, 3.05) is 0 Å². The van der Waals surface area contributed by atoms with Crippen LogP contribution in [0.1, 0.15) is 24.5 Å². The van der Waals surface area contributed by atoms with Crippen LogP contribution < -0.4 is 5.73 Å². The number of hydrogen-bond acceptors (Lipinski definition) is 1. The molecule has 1 rings (SSSR count). The summed E-state index contributed by atoms with van der Waals surface area (Å²) in [7, 11) is 0. The topological polar surface area (TPSA) is 26.0 Å². The maximum Gasteiger partial charge on any atom is 0.416 e. The molecule has 0 fully saturated rings. The first-order valence-corrected chi connectivity index (χ1v) is 5.29. The van der Waals surface area contributed by atoms with E-state index in [0.29, 0.717) is 12.8 Å². The third-order valence-corrected chi connectivity index (χ3v) is 2.48. The van der Waals surface area contributed by atoms with E-state index in [4.69, 9.17) is 17.3 Å². The van der Waals surface area contributed by atoms with Crippen LogP contribution in [0.3, 0.4) is 0 Å². The molecule has 1 nitrogen and oxygen atoms in total. The van der Waals surface area contributed by atoms with Crippen LogP contribution >= 0.6 is 11.6 Å². The quantitative estimate of drug-likeness (QED) is 0.872. The Morgan fingerprint density at radius 2 is 2.00 bits per heavy atom. The van der Waals surface area contributed by atoms with Crippen LogP contribution in [0, 0.1) is 0 Å². The Hall–Kier alpha value is -0.740. The van der Waals surface area contributed by atoms with Gasteiger partial charge >= 0.3 is 6.18 Å². The summed E-state index contributed by atoms with van der Waals surface area (Å²) in [5, 5.41) is 0.0943. The lowest BCUT2D eigenvalue weighted by Crippen LogP contribution is -2.17. The van der Waals surface area contributed by atoms with Gasteiger partial charge in [-0.15, -0.1) is 0 Å². The molecule has 5 heteroatoms. The van der Waals surface area contributed by atoms with E-state index < -0.39 is 11.7 Å². The van der Waals surface area contributed by atoms with Crippen molar-refractivity contribution in [3.63, 3.8) is 0 Å². The molecule has 0 radical (unpaired) electrons. The first-order chi connectivity index (χ1) is 7.30. The second kappa shape index (κ2) is 5.06. The minimum atomic E-state index is -4.36. The molecule has 1 aromatic carbocycles. The van der Waals surface area contributed by atoms with Crippen LogP contribution in [0.15, 0.2) is 18.2 Å². The largest absolute Gasteiger partial charge is 0.416 e. The Morgan fingerprint density at radius 1 is 1.38 bits per heavy atom. The molecule has 0 aliphatic carbocycles. The van der Waals surface area contributed by atoms with E-state index >= 15 is 0 Å². The number of hydrogen-bond donors (Lipinski definition) is 1. The molecule has 90 valence electrons. The van der Waals surface area contributed by atoms with E-state index in [1.807, 2.05) is 0 Å². The third-order valence-electron chi connectivity index (χ3n) is 2.25. The predicted octanol–water partition coefficient (Wildman–Crippen LogP) is 3.64. The lowest BCUT2D eigenvalue weighted by molar-refractivity contribution is -0.138. The average Bonchev–Trinajstić information content (AvgIpc) is 2.14. The molecule has 0 aliphatic rings. The van der Waals surface area contributed by atoms with Gasteiger partial charge in [-0.1, -0.05) is 17.7 Å². The van der Waals surface area contributed by atoms with Crippen LogP contribution in [0.5, 0.6) is 0 Å². The Labute approximate surface area is 97.4 Å². The number of nitrogens with two attached hydrogens (primary N) is 1. The van der Waals surface area contributed by atoms with E-state index in [-0.39, 0.29) is 16.6 Å². The first-order valence-electron chi connectivity index (χ1n) is 4.92. The Bertz CT molecular complexity index is 361. The molecular weight excluding hydrogens is 239 g/mol. The van der Waals surface area contributed by atoms with Gasteiger partial charge in [0.1, 0.15) is 0 Å². The fraction of sp³-hybridized carbons (Fsp3) is 0.455. The van der Waals surface area contributed by atoms with Crippen LogP contribution in [-0.4, -0.2) is 6.04 Å². The maximum absolute atomic E-state index is 12.7. The lowest BCUT2D eigenvalue weighted by atomic mass is 10.0. The Kier molecular flexibility index (Phi) is 4.21. The summed E-state index contributed by atoms with van der Waals surface area (Å²) < 4.78 is 38.0. The molecule has 0 amide bonds. The highest BCUT2D eigenvalue weighted by molar-refractivity contribution is 6.30. The van der Waals surface area contributed by atoms with Crippen molar-refractivity contribution in [2.45, 2.75) is 32.0 Å². The molecule has 0 heterocycles. The number of benzene rings is 1. The monoisotopic (exact) mass is 251 g/mol. The summed E-state index contributed by atoms with van der Waals surface area (Å²) in [5.74, 6) is 0. The van der Waals surface area contributed by atoms with Gasteiger partial charge in [-0.2, -0.15) is 13.2 Å². The Morgan fingerprint density at radius 3 is 2.50 bits per heavy atom. The van der Waals surface area contributed by atoms with Gasteiger partial charge < -0.3 is 5.73 Å². The first kappa shape index (κ1) is 13.3. The van der Waals surface area contributed by atoms with Gasteiger partial charge in [0.15, 0.2) is 0 Å². The normalized spacial score (nSPS) is 13.9. The second-order valence-electron chi connectivity index (χ2n) is 3.82. The Balaban J connectivity index is 2.99. The summed E-state index contributed by atoms with van der Waals surface area (Å²) in [6, 6.07) is 3.72. The summed E-state index contributed by atoms with van der Waals surface area (Å²) in [4.78, 5) is 0. The predicted molar refractivity (Wildman–Crippen MR) is 58.4 cm³/mol. The molecule has 0 saturated heterocycles. The summed E-state index contributed by atoms with van der Waals surface area (Å²) in [6.45, 7) is 1.77. The highest BCUT2D eigenvalue weighted by atomic mass is 35.5. The molecule has 0 saturated carbocycles. The fourth-order valence-corrected chi connectivity index (χ4v) is 1.59. The average molecular weight is 252 g/mol. The van der Waals surface area contributed by atoms with Crippen LogP contribution in [0.25, 0.3) is 0 Å². The van der Waals surface area contributed by atoms with Crippen molar-refractivity contribution >= 4 is 11.6 Å². The van der Waals surface area contributed by atoms with Crippen LogP contribution in [-0.2, 0) is 12.6 Å². The highest BCUT2D eigenvalue weighted by Crippen LogP contribution is 2.34. The lowest BCUT2D eigenvalue weighted by Gasteiger charge is -2.14.